The fourth-order valence-corrected chi connectivity index (χ4v) is 2.94. The van der Waals surface area contributed by atoms with Crippen LogP contribution in [-0.4, -0.2) is 53.5 Å². The van der Waals surface area contributed by atoms with Crippen molar-refractivity contribution in [3.63, 3.8) is 0 Å². The monoisotopic (exact) mass is 405 g/mol. The summed E-state index contributed by atoms with van der Waals surface area (Å²) in [5.41, 5.74) is 0.402. The molecule has 0 aliphatic heterocycles. The zero-order valence-electron chi connectivity index (χ0n) is 15.9. The average molecular weight is 406 g/mol. The normalized spacial score (nSPS) is 15.7. The van der Waals surface area contributed by atoms with E-state index in [4.69, 9.17) is 21.1 Å². The summed E-state index contributed by atoms with van der Waals surface area (Å²) in [5.74, 6) is 0.146. The van der Waals surface area contributed by atoms with Crippen molar-refractivity contribution in [2.45, 2.75) is 25.4 Å². The molecular weight excluding hydrogens is 382 g/mol. The predicted octanol–water partition coefficient (Wildman–Crippen LogP) is 2.71. The Morgan fingerprint density at radius 3 is 2.68 bits per heavy atom. The smallest absolute Gasteiger partial charge is 0.271 e. The number of benzene rings is 1. The SMILES string of the molecule is COCCOc1ncc(C(=O)NC[C@](C)(O)C2CC2)nc1-c1ccc(Cl)cc1. The van der Waals surface area contributed by atoms with Crippen molar-refractivity contribution >= 4 is 17.5 Å². The third kappa shape index (κ3) is 5.19. The van der Waals surface area contributed by atoms with Gasteiger partial charge in [-0.15, -0.1) is 0 Å². The molecule has 1 aliphatic rings. The van der Waals surface area contributed by atoms with Gasteiger partial charge in [-0.2, -0.15) is 0 Å². The molecule has 2 N–H and O–H groups in total. The third-order valence-corrected chi connectivity index (χ3v) is 4.93. The van der Waals surface area contributed by atoms with E-state index in [0.29, 0.717) is 29.8 Å². The Labute approximate surface area is 169 Å². The Hall–Kier alpha value is -2.22. The molecule has 1 aromatic carbocycles. The van der Waals surface area contributed by atoms with Gasteiger partial charge in [0.25, 0.3) is 5.91 Å². The Bertz CT molecular complexity index is 823. The molecule has 0 bridgehead atoms. The molecular formula is C20H24ClN3O4. The topological polar surface area (TPSA) is 93.6 Å². The van der Waals surface area contributed by atoms with Crippen LogP contribution in [0.4, 0.5) is 0 Å². The number of aromatic nitrogens is 2. The first-order valence-electron chi connectivity index (χ1n) is 9.16. The van der Waals surface area contributed by atoms with Crippen LogP contribution in [0.1, 0.15) is 30.3 Å². The van der Waals surface area contributed by atoms with Crippen molar-refractivity contribution in [1.29, 1.82) is 0 Å². The van der Waals surface area contributed by atoms with Crippen LogP contribution < -0.4 is 10.1 Å². The summed E-state index contributed by atoms with van der Waals surface area (Å²) in [7, 11) is 1.58. The van der Waals surface area contributed by atoms with Gasteiger partial charge >= 0.3 is 0 Å². The van der Waals surface area contributed by atoms with E-state index in [1.165, 1.54) is 6.20 Å². The van der Waals surface area contributed by atoms with Gasteiger partial charge in [0, 0.05) is 24.2 Å². The number of hydrogen-bond acceptors (Lipinski definition) is 6. The zero-order chi connectivity index (χ0) is 20.1. The fraction of sp³-hybridized carbons (Fsp3) is 0.450. The van der Waals surface area contributed by atoms with Crippen LogP contribution in [0.3, 0.4) is 0 Å². The first-order chi connectivity index (χ1) is 13.4. The molecule has 8 heteroatoms. The molecule has 1 aliphatic carbocycles. The molecule has 0 unspecified atom stereocenters. The van der Waals surface area contributed by atoms with Crippen LogP contribution in [0.15, 0.2) is 30.5 Å². The van der Waals surface area contributed by atoms with E-state index < -0.39 is 11.5 Å². The maximum Gasteiger partial charge on any atom is 0.271 e. The summed E-state index contributed by atoms with van der Waals surface area (Å²) in [6.45, 7) is 2.62. The van der Waals surface area contributed by atoms with Crippen LogP contribution in [0, 0.1) is 5.92 Å². The Balaban J connectivity index is 1.80. The van der Waals surface area contributed by atoms with Gasteiger partial charge in [-0.25, -0.2) is 9.97 Å². The van der Waals surface area contributed by atoms with Gasteiger partial charge < -0.3 is 19.9 Å². The minimum Gasteiger partial charge on any atom is -0.474 e. The number of hydrogen-bond donors (Lipinski definition) is 2. The highest BCUT2D eigenvalue weighted by molar-refractivity contribution is 6.30. The van der Waals surface area contributed by atoms with Gasteiger partial charge in [0.05, 0.1) is 18.4 Å². The Morgan fingerprint density at radius 2 is 2.04 bits per heavy atom. The molecule has 0 radical (unpaired) electrons. The van der Waals surface area contributed by atoms with Gasteiger partial charge in [-0.05, 0) is 37.8 Å². The summed E-state index contributed by atoms with van der Waals surface area (Å²) in [5, 5.41) is 13.7. The van der Waals surface area contributed by atoms with Crippen LogP contribution in [0.25, 0.3) is 11.3 Å². The van der Waals surface area contributed by atoms with Crippen molar-refractivity contribution in [3.8, 4) is 17.1 Å². The lowest BCUT2D eigenvalue weighted by Crippen LogP contribution is -2.42. The lowest BCUT2D eigenvalue weighted by Gasteiger charge is -2.23. The van der Waals surface area contributed by atoms with Crippen molar-refractivity contribution in [1.82, 2.24) is 15.3 Å². The zero-order valence-corrected chi connectivity index (χ0v) is 16.7. The van der Waals surface area contributed by atoms with E-state index in [9.17, 15) is 9.90 Å². The largest absolute Gasteiger partial charge is 0.474 e. The molecule has 7 nitrogen and oxygen atoms in total. The molecule has 0 saturated heterocycles. The van der Waals surface area contributed by atoms with Gasteiger partial charge in [-0.3, -0.25) is 4.79 Å². The van der Waals surface area contributed by atoms with Crippen molar-refractivity contribution in [2.75, 3.05) is 26.9 Å². The number of aliphatic hydroxyl groups is 1. The van der Waals surface area contributed by atoms with Crippen LogP contribution >= 0.6 is 11.6 Å². The van der Waals surface area contributed by atoms with Crippen LogP contribution in [0.5, 0.6) is 5.88 Å². The minimum atomic E-state index is -0.911. The molecule has 3 rings (SSSR count). The average Bonchev–Trinajstić information content (AvgIpc) is 3.53. The number of rotatable bonds is 9. The number of nitrogens with one attached hydrogen (secondary N) is 1. The second-order valence-electron chi connectivity index (χ2n) is 7.07. The maximum absolute atomic E-state index is 12.5. The highest BCUT2D eigenvalue weighted by atomic mass is 35.5. The van der Waals surface area contributed by atoms with Crippen LogP contribution in [0.2, 0.25) is 5.02 Å². The molecule has 1 atom stereocenters. The lowest BCUT2D eigenvalue weighted by molar-refractivity contribution is 0.0353. The fourth-order valence-electron chi connectivity index (χ4n) is 2.81. The Morgan fingerprint density at radius 1 is 1.32 bits per heavy atom. The molecule has 28 heavy (non-hydrogen) atoms. The van der Waals surface area contributed by atoms with Gasteiger partial charge in [-0.1, -0.05) is 23.7 Å². The highest BCUT2D eigenvalue weighted by Crippen LogP contribution is 2.39. The van der Waals surface area contributed by atoms with Gasteiger partial charge in [0.1, 0.15) is 18.0 Å². The molecule has 150 valence electrons. The maximum atomic E-state index is 12.5. The number of halogens is 1. The second kappa shape index (κ2) is 8.86. The molecule has 1 heterocycles. The molecule has 1 saturated carbocycles. The van der Waals surface area contributed by atoms with Crippen LogP contribution in [-0.2, 0) is 4.74 Å². The van der Waals surface area contributed by atoms with E-state index >= 15 is 0 Å². The van der Waals surface area contributed by atoms with E-state index in [1.807, 2.05) is 0 Å². The summed E-state index contributed by atoms with van der Waals surface area (Å²) >= 11 is 5.97. The quantitative estimate of drug-likeness (QED) is 0.623. The van der Waals surface area contributed by atoms with Crippen molar-refractivity contribution in [2.24, 2.45) is 5.92 Å². The van der Waals surface area contributed by atoms with E-state index in [0.717, 1.165) is 18.4 Å². The number of nitrogens with zero attached hydrogens (tertiary/aromatic N) is 2. The van der Waals surface area contributed by atoms with Crippen molar-refractivity contribution in [3.05, 3.63) is 41.2 Å². The van der Waals surface area contributed by atoms with E-state index in [2.05, 4.69) is 15.3 Å². The van der Waals surface area contributed by atoms with Gasteiger partial charge in [0.2, 0.25) is 5.88 Å². The van der Waals surface area contributed by atoms with Gasteiger partial charge in [0.15, 0.2) is 0 Å². The third-order valence-electron chi connectivity index (χ3n) is 4.68. The molecule has 2 aromatic rings. The number of carbonyl (C=O) groups is 1. The summed E-state index contributed by atoms with van der Waals surface area (Å²) in [6.07, 6.45) is 3.33. The van der Waals surface area contributed by atoms with Crippen molar-refractivity contribution < 1.29 is 19.4 Å². The minimum absolute atomic E-state index is 0.149. The first kappa shape index (κ1) is 20.5. The number of methoxy groups -OCH3 is 1. The molecule has 0 spiro atoms. The molecule has 1 amide bonds. The Kier molecular flexibility index (Phi) is 6.49. The highest BCUT2D eigenvalue weighted by Gasteiger charge is 2.40. The molecule has 1 fully saturated rings. The lowest BCUT2D eigenvalue weighted by atomic mass is 10.0. The summed E-state index contributed by atoms with van der Waals surface area (Å²) in [6, 6.07) is 7.04. The van der Waals surface area contributed by atoms with E-state index in [1.54, 1.807) is 38.3 Å². The second-order valence-corrected chi connectivity index (χ2v) is 7.51. The van der Waals surface area contributed by atoms with E-state index in [-0.39, 0.29) is 18.2 Å². The number of amides is 1. The predicted molar refractivity (Wildman–Crippen MR) is 106 cm³/mol. The standard InChI is InChI=1S/C20H24ClN3O4/c1-20(26,14-5-6-14)12-23-18(25)16-11-22-19(28-10-9-27-2)17(24-16)13-3-7-15(21)8-4-13/h3-4,7-8,11,14,26H,5-6,9-10,12H2,1-2H3,(H,23,25)/t20-/m0/s1. The number of ether oxygens (including phenoxy) is 2. The summed E-state index contributed by atoms with van der Waals surface area (Å²) in [4.78, 5) is 21.3. The number of carbonyl (C=O) groups excluding carboxylic acids is 1. The first-order valence-corrected chi connectivity index (χ1v) is 9.54. The summed E-state index contributed by atoms with van der Waals surface area (Å²) < 4.78 is 10.6. The molecule has 1 aromatic heterocycles.